The van der Waals surface area contributed by atoms with Crippen LogP contribution in [0, 0.1) is 26.8 Å². The highest BCUT2D eigenvalue weighted by Gasteiger charge is 2.26. The van der Waals surface area contributed by atoms with E-state index in [1.54, 1.807) is 0 Å². The summed E-state index contributed by atoms with van der Waals surface area (Å²) < 4.78 is 0. The third kappa shape index (κ3) is 8.64. The number of carbonyl (C=O) groups is 2. The van der Waals surface area contributed by atoms with Crippen LogP contribution in [0.5, 0.6) is 0 Å². The van der Waals surface area contributed by atoms with Crippen molar-refractivity contribution in [3.63, 3.8) is 0 Å². The molecule has 0 aromatic heterocycles. The summed E-state index contributed by atoms with van der Waals surface area (Å²) in [5.74, 6) is 0.315. The molecule has 5 radical (unpaired) electrons. The zero-order chi connectivity index (χ0) is 19.6. The Kier molecular flexibility index (Phi) is 11.9. The standard InChI is InChI=1S/C22H33N4O2.2CH2/c27-21(25-20-11-7-2-1-3-8-12-20)23-16-19-13-14-26(17-19)22(28)24-15-18-9-5-4-6-10-18;;/h4-6,9-10,19H,1-3,7-8,11-17H2,(H,24,28)(H2,23,25,27);2*1H2. The fraction of sp³-hybridized carbons (Fsp3) is 0.542. The average Bonchev–Trinajstić information content (AvgIpc) is 3.16. The van der Waals surface area contributed by atoms with Gasteiger partial charge in [-0.15, -0.1) is 0 Å². The van der Waals surface area contributed by atoms with Gasteiger partial charge in [-0.2, -0.15) is 0 Å². The van der Waals surface area contributed by atoms with E-state index in [-0.39, 0.29) is 26.9 Å². The number of likely N-dealkylation sites (tertiary alicyclic amines) is 1. The fourth-order valence-electron chi connectivity index (χ4n) is 3.97. The Morgan fingerprint density at radius 3 is 2.30 bits per heavy atom. The molecule has 1 aromatic carbocycles. The molecule has 6 heteroatoms. The molecule has 1 aliphatic heterocycles. The zero-order valence-corrected chi connectivity index (χ0v) is 18.1. The molecule has 1 atom stereocenters. The summed E-state index contributed by atoms with van der Waals surface area (Å²) in [7, 11) is 0. The normalized spacial score (nSPS) is 19.5. The van der Waals surface area contributed by atoms with Gasteiger partial charge >= 0.3 is 12.1 Å². The Labute approximate surface area is 183 Å². The molecule has 2 aliphatic rings. The van der Waals surface area contributed by atoms with Crippen molar-refractivity contribution in [2.24, 2.45) is 5.92 Å². The third-order valence-corrected chi connectivity index (χ3v) is 5.66. The summed E-state index contributed by atoms with van der Waals surface area (Å²) in [5.41, 5.74) is 1.09. The second-order valence-corrected chi connectivity index (χ2v) is 7.95. The van der Waals surface area contributed by atoms with Crippen molar-refractivity contribution in [2.75, 3.05) is 19.6 Å². The first-order valence-electron chi connectivity index (χ1n) is 10.7. The highest BCUT2D eigenvalue weighted by Crippen LogP contribution is 2.21. The minimum atomic E-state index is -0.0949. The van der Waals surface area contributed by atoms with Gasteiger partial charge in [0.2, 0.25) is 0 Å². The van der Waals surface area contributed by atoms with Crippen molar-refractivity contribution >= 4 is 12.1 Å². The highest BCUT2D eigenvalue weighted by molar-refractivity contribution is 5.75. The van der Waals surface area contributed by atoms with Crippen molar-refractivity contribution < 1.29 is 9.59 Å². The van der Waals surface area contributed by atoms with Crippen LogP contribution >= 0.6 is 0 Å². The summed E-state index contributed by atoms with van der Waals surface area (Å²) in [4.78, 5) is 26.4. The van der Waals surface area contributed by atoms with Crippen LogP contribution in [-0.2, 0) is 6.54 Å². The van der Waals surface area contributed by atoms with E-state index >= 15 is 0 Å². The quantitative estimate of drug-likeness (QED) is 0.667. The van der Waals surface area contributed by atoms with Crippen molar-refractivity contribution in [2.45, 2.75) is 57.9 Å². The Morgan fingerprint density at radius 2 is 1.60 bits per heavy atom. The Hall–Kier alpha value is -2.24. The summed E-state index contributed by atoms with van der Waals surface area (Å²) in [6, 6.07) is 11.0. The van der Waals surface area contributed by atoms with Crippen molar-refractivity contribution in [1.29, 1.82) is 0 Å². The molecule has 6 nitrogen and oxygen atoms in total. The van der Waals surface area contributed by atoms with Crippen LogP contribution in [-0.4, -0.2) is 36.6 Å². The van der Waals surface area contributed by atoms with Gasteiger partial charge in [-0.05, 0) is 30.7 Å². The van der Waals surface area contributed by atoms with Gasteiger partial charge in [-0.3, -0.25) is 0 Å². The van der Waals surface area contributed by atoms with Gasteiger partial charge < -0.3 is 20.9 Å². The second kappa shape index (κ2) is 13.9. The van der Waals surface area contributed by atoms with Crippen molar-refractivity contribution in [1.82, 2.24) is 20.9 Å². The highest BCUT2D eigenvalue weighted by atomic mass is 16.2. The Balaban J connectivity index is 0.00000225. The minimum absolute atomic E-state index is 0. The lowest BCUT2D eigenvalue weighted by atomic mass is 9.97. The maximum Gasteiger partial charge on any atom is 0.317 e. The Morgan fingerprint density at radius 1 is 0.933 bits per heavy atom. The predicted molar refractivity (Wildman–Crippen MR) is 121 cm³/mol. The number of rotatable bonds is 5. The lowest BCUT2D eigenvalue weighted by Crippen LogP contribution is -2.42. The van der Waals surface area contributed by atoms with E-state index < -0.39 is 0 Å². The number of amides is 4. The van der Waals surface area contributed by atoms with Crippen LogP contribution in [0.3, 0.4) is 0 Å². The molecule has 1 aromatic rings. The molecule has 0 bridgehead atoms. The molecule has 1 saturated heterocycles. The number of carbonyl (C=O) groups excluding carboxylic acids is 2. The molecule has 1 aliphatic carbocycles. The van der Waals surface area contributed by atoms with Gasteiger partial charge in [0.25, 0.3) is 0 Å². The van der Waals surface area contributed by atoms with E-state index in [1.807, 2.05) is 35.2 Å². The summed E-state index contributed by atoms with van der Waals surface area (Å²) in [6.07, 6.45) is 9.12. The molecule has 3 rings (SSSR count). The average molecular weight is 414 g/mol. The Bertz CT molecular complexity index is 615. The lowest BCUT2D eigenvalue weighted by molar-refractivity contribution is 0.206. The van der Waals surface area contributed by atoms with E-state index in [2.05, 4.69) is 16.0 Å². The summed E-state index contributed by atoms with van der Waals surface area (Å²) in [5, 5.41) is 9.03. The smallest absolute Gasteiger partial charge is 0.317 e. The van der Waals surface area contributed by atoms with E-state index in [0.29, 0.717) is 25.6 Å². The van der Waals surface area contributed by atoms with Crippen molar-refractivity contribution in [3.05, 3.63) is 56.8 Å². The van der Waals surface area contributed by atoms with E-state index in [1.165, 1.54) is 38.1 Å². The molecule has 2 fully saturated rings. The fourth-order valence-corrected chi connectivity index (χ4v) is 3.97. The van der Waals surface area contributed by atoms with Gasteiger partial charge in [0.15, 0.2) is 0 Å². The number of hydrogen-bond acceptors (Lipinski definition) is 2. The van der Waals surface area contributed by atoms with Crippen LogP contribution in [0.2, 0.25) is 0 Å². The van der Waals surface area contributed by atoms with Crippen LogP contribution < -0.4 is 16.0 Å². The monoisotopic (exact) mass is 413 g/mol. The largest absolute Gasteiger partial charge is 0.338 e. The topological polar surface area (TPSA) is 73.5 Å². The second-order valence-electron chi connectivity index (χ2n) is 7.95. The molecular formula is C24H37N4O2. The van der Waals surface area contributed by atoms with Crippen LogP contribution in [0.15, 0.2) is 30.3 Å². The van der Waals surface area contributed by atoms with Crippen molar-refractivity contribution in [3.8, 4) is 0 Å². The lowest BCUT2D eigenvalue weighted by Gasteiger charge is -2.21. The molecule has 1 unspecified atom stereocenters. The minimum Gasteiger partial charge on any atom is -0.338 e. The molecule has 3 N–H and O–H groups in total. The molecule has 1 heterocycles. The maximum atomic E-state index is 12.3. The number of benzene rings is 1. The SMILES string of the molecule is O=C(NCC1CCN(C(=O)NCc2ccccc2)C1)N[C]1CCCCCCC1.[CH2].[CH2]. The van der Waals surface area contributed by atoms with Gasteiger partial charge in [0, 0.05) is 26.2 Å². The first kappa shape index (κ1) is 25.8. The molecule has 4 amide bonds. The molecule has 165 valence electrons. The first-order valence-corrected chi connectivity index (χ1v) is 10.7. The summed E-state index contributed by atoms with van der Waals surface area (Å²) >= 11 is 0. The summed E-state index contributed by atoms with van der Waals surface area (Å²) in [6.45, 7) is 2.59. The van der Waals surface area contributed by atoms with E-state index in [9.17, 15) is 9.59 Å². The zero-order valence-electron chi connectivity index (χ0n) is 18.1. The van der Waals surface area contributed by atoms with Crippen LogP contribution in [0.25, 0.3) is 0 Å². The van der Waals surface area contributed by atoms with Crippen LogP contribution in [0.4, 0.5) is 9.59 Å². The molecule has 0 spiro atoms. The van der Waals surface area contributed by atoms with Gasteiger partial charge in [-0.25, -0.2) is 9.59 Å². The van der Waals surface area contributed by atoms with Gasteiger partial charge in [0.1, 0.15) is 0 Å². The van der Waals surface area contributed by atoms with Crippen LogP contribution in [0.1, 0.15) is 56.9 Å². The number of nitrogens with zero attached hydrogens (tertiary/aromatic N) is 1. The maximum absolute atomic E-state index is 12.3. The predicted octanol–water partition coefficient (Wildman–Crippen LogP) is 4.45. The first-order chi connectivity index (χ1) is 13.7. The number of nitrogens with one attached hydrogen (secondary N) is 3. The van der Waals surface area contributed by atoms with E-state index in [0.717, 1.165) is 31.4 Å². The number of urea groups is 2. The van der Waals surface area contributed by atoms with Gasteiger partial charge in [-0.1, -0.05) is 77.3 Å². The third-order valence-electron chi connectivity index (χ3n) is 5.66. The molecule has 30 heavy (non-hydrogen) atoms. The van der Waals surface area contributed by atoms with E-state index in [4.69, 9.17) is 0 Å². The molecular weight excluding hydrogens is 376 g/mol. The number of hydrogen-bond donors (Lipinski definition) is 3. The van der Waals surface area contributed by atoms with Gasteiger partial charge in [0.05, 0.1) is 6.04 Å². The molecule has 1 saturated carbocycles.